The first-order valence-corrected chi connectivity index (χ1v) is 8.10. The van der Waals surface area contributed by atoms with E-state index in [1.165, 1.54) is 0 Å². The molecule has 0 N–H and O–H groups in total. The smallest absolute Gasteiger partial charge is 0.105 e. The lowest BCUT2D eigenvalue weighted by molar-refractivity contribution is 0.158. The molecule has 3 heteroatoms. The van der Waals surface area contributed by atoms with Crippen molar-refractivity contribution in [3.63, 3.8) is 0 Å². The zero-order chi connectivity index (χ0) is 13.5. The molecular formula is C14H27F2I. The van der Waals surface area contributed by atoms with Crippen molar-refractivity contribution in [2.45, 2.75) is 77.6 Å². The number of rotatable bonds is 9. The van der Waals surface area contributed by atoms with Gasteiger partial charge < -0.3 is 0 Å². The van der Waals surface area contributed by atoms with Gasteiger partial charge in [-0.3, -0.25) is 0 Å². The second kappa shape index (κ2) is 7.90. The van der Waals surface area contributed by atoms with Gasteiger partial charge in [0.2, 0.25) is 0 Å². The van der Waals surface area contributed by atoms with E-state index in [1.807, 2.05) is 0 Å². The van der Waals surface area contributed by atoms with E-state index in [0.29, 0.717) is 18.8 Å². The van der Waals surface area contributed by atoms with Gasteiger partial charge in [-0.25, -0.2) is 8.78 Å². The first kappa shape index (κ1) is 17.6. The molecule has 17 heavy (non-hydrogen) atoms. The number of halogens is 3. The molecule has 104 valence electrons. The van der Waals surface area contributed by atoms with Crippen LogP contribution in [0.25, 0.3) is 0 Å². The lowest BCUT2D eigenvalue weighted by atomic mass is 9.88. The summed E-state index contributed by atoms with van der Waals surface area (Å²) in [5.74, 6) is 0.453. The second-order valence-corrected chi connectivity index (χ2v) is 7.31. The van der Waals surface area contributed by atoms with Crippen LogP contribution in [0.4, 0.5) is 8.78 Å². The van der Waals surface area contributed by atoms with E-state index in [-0.39, 0.29) is 0 Å². The summed E-state index contributed by atoms with van der Waals surface area (Å²) >= 11 is 2.35. The summed E-state index contributed by atoms with van der Waals surface area (Å²) in [5.41, 5.74) is -2.13. The van der Waals surface area contributed by atoms with E-state index in [1.54, 1.807) is 27.7 Å². The Morgan fingerprint density at radius 1 is 0.941 bits per heavy atom. The Bertz CT molecular complexity index is 191. The molecule has 0 bridgehead atoms. The minimum absolute atomic E-state index is 0.453. The van der Waals surface area contributed by atoms with E-state index in [4.69, 9.17) is 0 Å². The Labute approximate surface area is 119 Å². The fourth-order valence-electron chi connectivity index (χ4n) is 2.17. The van der Waals surface area contributed by atoms with E-state index in [9.17, 15) is 8.78 Å². The molecular weight excluding hydrogens is 333 g/mol. The second-order valence-electron chi connectivity index (χ2n) is 6.23. The van der Waals surface area contributed by atoms with Crippen LogP contribution in [-0.2, 0) is 0 Å². The summed E-state index contributed by atoms with van der Waals surface area (Å²) in [4.78, 5) is 0. The maximum absolute atomic E-state index is 13.6. The minimum Gasteiger partial charge on any atom is -0.245 e. The molecule has 0 spiro atoms. The third kappa shape index (κ3) is 12.8. The van der Waals surface area contributed by atoms with Gasteiger partial charge in [0.1, 0.15) is 11.3 Å². The molecule has 0 saturated carbocycles. The van der Waals surface area contributed by atoms with Crippen LogP contribution in [0.3, 0.4) is 0 Å². The average Bonchev–Trinajstić information content (AvgIpc) is 2.08. The molecule has 0 amide bonds. The first-order chi connectivity index (χ1) is 7.64. The van der Waals surface area contributed by atoms with Gasteiger partial charge in [-0.15, -0.1) is 0 Å². The lowest BCUT2D eigenvalue weighted by Crippen LogP contribution is -2.19. The van der Waals surface area contributed by atoms with Crippen molar-refractivity contribution < 1.29 is 8.78 Å². The lowest BCUT2D eigenvalue weighted by Gasteiger charge is -2.23. The van der Waals surface area contributed by atoms with Gasteiger partial charge in [0.25, 0.3) is 0 Å². The minimum atomic E-state index is -1.07. The molecule has 1 atom stereocenters. The van der Waals surface area contributed by atoms with Gasteiger partial charge in [0, 0.05) is 0 Å². The van der Waals surface area contributed by atoms with Crippen LogP contribution in [0.5, 0.6) is 0 Å². The zero-order valence-corrected chi connectivity index (χ0v) is 13.8. The van der Waals surface area contributed by atoms with Crippen LogP contribution in [0.15, 0.2) is 0 Å². The molecule has 0 aliphatic heterocycles. The fraction of sp³-hybridized carbons (Fsp3) is 1.00. The van der Waals surface area contributed by atoms with Crippen molar-refractivity contribution in [1.29, 1.82) is 0 Å². The number of hydrogen-bond acceptors (Lipinski definition) is 0. The molecule has 0 aromatic carbocycles. The van der Waals surface area contributed by atoms with Crippen molar-refractivity contribution in [2.75, 3.05) is 4.43 Å². The van der Waals surface area contributed by atoms with E-state index < -0.39 is 11.3 Å². The summed E-state index contributed by atoms with van der Waals surface area (Å²) in [6, 6.07) is 0. The van der Waals surface area contributed by atoms with Crippen LogP contribution < -0.4 is 0 Å². The molecule has 0 nitrogen and oxygen atoms in total. The van der Waals surface area contributed by atoms with Gasteiger partial charge in [0.15, 0.2) is 0 Å². The maximum Gasteiger partial charge on any atom is 0.105 e. The summed E-state index contributed by atoms with van der Waals surface area (Å²) in [6.45, 7) is 6.55. The molecule has 0 aromatic rings. The molecule has 0 heterocycles. The fourth-order valence-corrected chi connectivity index (χ4v) is 3.05. The Hall–Kier alpha value is 0.590. The maximum atomic E-state index is 13.6. The van der Waals surface area contributed by atoms with Gasteiger partial charge >= 0.3 is 0 Å². The van der Waals surface area contributed by atoms with Crippen LogP contribution in [0.1, 0.15) is 66.2 Å². The predicted molar refractivity (Wildman–Crippen MR) is 80.5 cm³/mol. The van der Waals surface area contributed by atoms with Crippen molar-refractivity contribution in [1.82, 2.24) is 0 Å². The third-order valence-corrected chi connectivity index (χ3v) is 3.55. The van der Waals surface area contributed by atoms with Gasteiger partial charge in [0.05, 0.1) is 0 Å². The number of alkyl halides is 3. The highest BCUT2D eigenvalue weighted by molar-refractivity contribution is 14.1. The normalized spacial score (nSPS) is 15.0. The highest BCUT2D eigenvalue weighted by Crippen LogP contribution is 2.28. The Morgan fingerprint density at radius 2 is 1.53 bits per heavy atom. The predicted octanol–water partition coefficient (Wildman–Crippen LogP) is 5.87. The topological polar surface area (TPSA) is 0 Å². The Kier molecular flexibility index (Phi) is 8.18. The van der Waals surface area contributed by atoms with Gasteiger partial charge in [-0.05, 0) is 57.3 Å². The van der Waals surface area contributed by atoms with Crippen molar-refractivity contribution >= 4 is 22.6 Å². The average molecular weight is 360 g/mol. The molecule has 0 aromatic heterocycles. The third-order valence-electron chi connectivity index (χ3n) is 2.93. The summed E-state index contributed by atoms with van der Waals surface area (Å²) < 4.78 is 27.9. The quantitative estimate of drug-likeness (QED) is 0.274. The molecule has 0 aliphatic rings. The zero-order valence-electron chi connectivity index (χ0n) is 11.7. The van der Waals surface area contributed by atoms with E-state index in [0.717, 1.165) is 30.1 Å². The highest BCUT2D eigenvalue weighted by Gasteiger charge is 2.22. The van der Waals surface area contributed by atoms with Gasteiger partial charge in [-0.2, -0.15) is 0 Å². The van der Waals surface area contributed by atoms with Gasteiger partial charge in [-0.1, -0.05) is 41.9 Å². The highest BCUT2D eigenvalue weighted by atomic mass is 127. The molecule has 1 unspecified atom stereocenters. The van der Waals surface area contributed by atoms with Crippen molar-refractivity contribution in [3.8, 4) is 0 Å². The largest absolute Gasteiger partial charge is 0.245 e. The van der Waals surface area contributed by atoms with Crippen LogP contribution in [0, 0.1) is 5.92 Å². The standard InChI is InChI=1S/C14H27F2I/c1-13(2,15)9-6-5-7-12(8-10-17)11-14(3,4)16/h12H,5-11H2,1-4H3. The van der Waals surface area contributed by atoms with Crippen LogP contribution >= 0.6 is 22.6 Å². The monoisotopic (exact) mass is 360 g/mol. The summed E-state index contributed by atoms with van der Waals surface area (Å²) in [7, 11) is 0. The molecule has 0 saturated heterocycles. The molecule has 0 rings (SSSR count). The Balaban J connectivity index is 3.85. The Morgan fingerprint density at radius 3 is 1.94 bits per heavy atom. The van der Waals surface area contributed by atoms with E-state index in [2.05, 4.69) is 22.6 Å². The van der Waals surface area contributed by atoms with E-state index >= 15 is 0 Å². The van der Waals surface area contributed by atoms with Crippen molar-refractivity contribution in [3.05, 3.63) is 0 Å². The molecule has 0 radical (unpaired) electrons. The summed E-state index contributed by atoms with van der Waals surface area (Å²) in [5, 5.41) is 0. The van der Waals surface area contributed by atoms with Crippen molar-refractivity contribution in [2.24, 2.45) is 5.92 Å². The number of hydrogen-bond donors (Lipinski definition) is 0. The SMILES string of the molecule is CC(C)(F)CCCCC(CCI)CC(C)(C)F. The van der Waals surface area contributed by atoms with Crippen LogP contribution in [0.2, 0.25) is 0 Å². The van der Waals surface area contributed by atoms with Crippen LogP contribution in [-0.4, -0.2) is 15.8 Å². The summed E-state index contributed by atoms with van der Waals surface area (Å²) in [6.07, 6.45) is 5.29. The first-order valence-electron chi connectivity index (χ1n) is 6.58. The molecule has 0 aliphatic carbocycles. The molecule has 0 fully saturated rings. The number of unbranched alkanes of at least 4 members (excludes halogenated alkanes) is 1.